The van der Waals surface area contributed by atoms with Gasteiger partial charge < -0.3 is 15.8 Å². The summed E-state index contributed by atoms with van der Waals surface area (Å²) in [5.41, 5.74) is 9.05. The van der Waals surface area contributed by atoms with Gasteiger partial charge in [-0.15, -0.1) is 0 Å². The van der Waals surface area contributed by atoms with Crippen LogP contribution < -0.4 is 15.8 Å². The fourth-order valence-corrected chi connectivity index (χ4v) is 3.13. The molecule has 4 rings (SSSR count). The lowest BCUT2D eigenvalue weighted by atomic mass is 10.1. The number of hydrogen-bond donors (Lipinski definition) is 2. The highest BCUT2D eigenvalue weighted by Gasteiger charge is 2.24. The second-order valence-corrected chi connectivity index (χ2v) is 7.16. The number of ketones is 1. The van der Waals surface area contributed by atoms with Gasteiger partial charge in [-0.1, -0.05) is 18.2 Å². The lowest BCUT2D eigenvalue weighted by molar-refractivity contribution is 0.0950. The summed E-state index contributed by atoms with van der Waals surface area (Å²) in [7, 11) is 1.54. The van der Waals surface area contributed by atoms with Gasteiger partial charge in [0.2, 0.25) is 5.78 Å². The van der Waals surface area contributed by atoms with E-state index < -0.39 is 0 Å². The number of anilines is 1. The zero-order valence-corrected chi connectivity index (χ0v) is 16.3. The van der Waals surface area contributed by atoms with Crippen molar-refractivity contribution in [2.75, 3.05) is 12.8 Å². The Kier molecular flexibility index (Phi) is 4.80. The molecule has 1 aliphatic rings. The molecule has 1 amide bonds. The van der Waals surface area contributed by atoms with Crippen LogP contribution in [0.1, 0.15) is 44.8 Å². The fourth-order valence-electron chi connectivity index (χ4n) is 3.13. The van der Waals surface area contributed by atoms with E-state index in [4.69, 9.17) is 10.5 Å². The van der Waals surface area contributed by atoms with Gasteiger partial charge in [-0.25, -0.2) is 4.98 Å². The maximum absolute atomic E-state index is 12.9. The first kappa shape index (κ1) is 18.7. The number of ether oxygens (including phenoxy) is 1. The number of methoxy groups -OCH3 is 1. The molecule has 0 spiro atoms. The number of aromatic nitrogens is 2. The molecule has 0 bridgehead atoms. The van der Waals surface area contributed by atoms with E-state index in [1.54, 1.807) is 48.1 Å². The maximum Gasteiger partial charge on any atom is 0.251 e. The van der Waals surface area contributed by atoms with Gasteiger partial charge in [-0.3, -0.25) is 14.2 Å². The van der Waals surface area contributed by atoms with Crippen molar-refractivity contribution >= 4 is 17.5 Å². The summed E-state index contributed by atoms with van der Waals surface area (Å²) in [5.74, 6) is 0.403. The highest BCUT2D eigenvalue weighted by molar-refractivity contribution is 6.10. The normalized spacial score (nSPS) is 13.2. The summed E-state index contributed by atoms with van der Waals surface area (Å²) in [4.78, 5) is 29.5. The predicted molar refractivity (Wildman–Crippen MR) is 110 cm³/mol. The van der Waals surface area contributed by atoms with E-state index >= 15 is 0 Å². The number of nitrogen functional groups attached to an aromatic ring is 1. The number of aryl methyl sites for hydroxylation is 1. The lowest BCUT2D eigenvalue weighted by Crippen LogP contribution is -2.25. The second-order valence-electron chi connectivity index (χ2n) is 7.16. The van der Waals surface area contributed by atoms with E-state index in [1.807, 2.05) is 13.0 Å². The molecule has 0 unspecified atom stereocenters. The van der Waals surface area contributed by atoms with Crippen LogP contribution in [-0.4, -0.2) is 34.4 Å². The SMILES string of the molecule is COc1cccc(C(=O)c2ncn(-c3cc(C(=O)NC4CC4)ccc3C)c2N)c1. The average Bonchev–Trinajstić information content (AvgIpc) is 3.47. The summed E-state index contributed by atoms with van der Waals surface area (Å²) < 4.78 is 6.82. The smallest absolute Gasteiger partial charge is 0.251 e. The minimum Gasteiger partial charge on any atom is -0.497 e. The summed E-state index contributed by atoms with van der Waals surface area (Å²) in [6, 6.07) is 12.5. The highest BCUT2D eigenvalue weighted by atomic mass is 16.5. The van der Waals surface area contributed by atoms with Crippen molar-refractivity contribution in [2.45, 2.75) is 25.8 Å². The number of carbonyl (C=O) groups is 2. The van der Waals surface area contributed by atoms with E-state index in [-0.39, 0.29) is 29.2 Å². The van der Waals surface area contributed by atoms with Gasteiger partial charge in [0.15, 0.2) is 5.69 Å². The van der Waals surface area contributed by atoms with Crippen LogP contribution in [0.5, 0.6) is 5.75 Å². The standard InChI is InChI=1S/C22H22N4O3/c1-13-6-7-15(22(28)25-16-8-9-16)11-18(13)26-12-24-19(21(26)23)20(27)14-4-3-5-17(10-14)29-2/h3-7,10-12,16H,8-9,23H2,1-2H3,(H,25,28). The van der Waals surface area contributed by atoms with Crippen LogP contribution in [0.2, 0.25) is 0 Å². The molecule has 1 aliphatic carbocycles. The molecule has 1 saturated carbocycles. The quantitative estimate of drug-likeness (QED) is 0.631. The molecule has 1 fully saturated rings. The molecule has 1 aromatic heterocycles. The first-order valence-corrected chi connectivity index (χ1v) is 9.41. The fraction of sp³-hybridized carbons (Fsp3) is 0.227. The number of nitrogens with two attached hydrogens (primary N) is 1. The molecule has 7 nitrogen and oxygen atoms in total. The first-order chi connectivity index (χ1) is 14.0. The van der Waals surface area contributed by atoms with Crippen LogP contribution in [0, 0.1) is 6.92 Å². The number of imidazole rings is 1. The van der Waals surface area contributed by atoms with Crippen LogP contribution in [0.25, 0.3) is 5.69 Å². The van der Waals surface area contributed by atoms with Crippen molar-refractivity contribution < 1.29 is 14.3 Å². The Balaban J connectivity index is 1.67. The Bertz CT molecular complexity index is 1100. The molecule has 3 aromatic rings. The number of hydrogen-bond acceptors (Lipinski definition) is 5. The molecule has 3 N–H and O–H groups in total. The Hall–Kier alpha value is -3.61. The van der Waals surface area contributed by atoms with E-state index in [0.29, 0.717) is 22.6 Å². The van der Waals surface area contributed by atoms with Crippen LogP contribution in [0.3, 0.4) is 0 Å². The predicted octanol–water partition coefficient (Wildman–Crippen LogP) is 2.89. The number of benzene rings is 2. The number of nitrogens with one attached hydrogen (secondary N) is 1. The number of carbonyl (C=O) groups excluding carboxylic acids is 2. The summed E-state index contributed by atoms with van der Waals surface area (Å²) >= 11 is 0. The van der Waals surface area contributed by atoms with Crippen LogP contribution >= 0.6 is 0 Å². The lowest BCUT2D eigenvalue weighted by Gasteiger charge is -2.12. The molecule has 0 radical (unpaired) electrons. The first-order valence-electron chi connectivity index (χ1n) is 9.41. The van der Waals surface area contributed by atoms with Gasteiger partial charge in [0, 0.05) is 17.2 Å². The van der Waals surface area contributed by atoms with Crippen molar-refractivity contribution in [1.29, 1.82) is 0 Å². The molecule has 148 valence electrons. The Morgan fingerprint density at radius 3 is 2.69 bits per heavy atom. The van der Waals surface area contributed by atoms with Gasteiger partial charge in [-0.2, -0.15) is 0 Å². The van der Waals surface area contributed by atoms with E-state index in [9.17, 15) is 9.59 Å². The molecule has 7 heteroatoms. The minimum atomic E-state index is -0.291. The highest BCUT2D eigenvalue weighted by Crippen LogP contribution is 2.25. The molecule has 0 atom stereocenters. The molecular formula is C22H22N4O3. The van der Waals surface area contributed by atoms with Crippen molar-refractivity contribution in [1.82, 2.24) is 14.9 Å². The molecule has 1 heterocycles. The van der Waals surface area contributed by atoms with E-state index in [0.717, 1.165) is 18.4 Å². The summed E-state index contributed by atoms with van der Waals surface area (Å²) in [6.07, 6.45) is 3.55. The van der Waals surface area contributed by atoms with Crippen LogP contribution in [0.15, 0.2) is 48.8 Å². The third kappa shape index (κ3) is 3.71. The maximum atomic E-state index is 12.9. The average molecular weight is 390 g/mol. The summed E-state index contributed by atoms with van der Waals surface area (Å²) in [6.45, 7) is 1.92. The van der Waals surface area contributed by atoms with Crippen molar-refractivity contribution in [3.8, 4) is 11.4 Å². The van der Waals surface area contributed by atoms with Gasteiger partial charge >= 0.3 is 0 Å². The van der Waals surface area contributed by atoms with E-state index in [1.165, 1.54) is 6.33 Å². The molecular weight excluding hydrogens is 368 g/mol. The number of rotatable bonds is 6. The zero-order valence-electron chi connectivity index (χ0n) is 16.3. The Morgan fingerprint density at radius 1 is 1.17 bits per heavy atom. The van der Waals surface area contributed by atoms with Gasteiger partial charge in [0.1, 0.15) is 17.9 Å². The summed E-state index contributed by atoms with van der Waals surface area (Å²) in [5, 5.41) is 2.98. The second kappa shape index (κ2) is 7.43. The molecule has 2 aromatic carbocycles. The van der Waals surface area contributed by atoms with Gasteiger partial charge in [0.05, 0.1) is 12.8 Å². The third-order valence-corrected chi connectivity index (χ3v) is 4.99. The van der Waals surface area contributed by atoms with Crippen molar-refractivity contribution in [2.24, 2.45) is 0 Å². The topological polar surface area (TPSA) is 99.2 Å². The number of amides is 1. The Labute approximate surface area is 168 Å². The van der Waals surface area contributed by atoms with Crippen molar-refractivity contribution in [3.63, 3.8) is 0 Å². The monoisotopic (exact) mass is 390 g/mol. The van der Waals surface area contributed by atoms with Crippen LogP contribution in [0.4, 0.5) is 5.82 Å². The molecule has 29 heavy (non-hydrogen) atoms. The minimum absolute atomic E-state index is 0.111. The third-order valence-electron chi connectivity index (χ3n) is 4.99. The van der Waals surface area contributed by atoms with Crippen LogP contribution in [-0.2, 0) is 0 Å². The van der Waals surface area contributed by atoms with E-state index in [2.05, 4.69) is 10.3 Å². The molecule has 0 saturated heterocycles. The Morgan fingerprint density at radius 2 is 1.97 bits per heavy atom. The largest absolute Gasteiger partial charge is 0.497 e. The van der Waals surface area contributed by atoms with Crippen molar-refractivity contribution in [3.05, 3.63) is 71.2 Å². The van der Waals surface area contributed by atoms with Gasteiger partial charge in [-0.05, 0) is 49.6 Å². The zero-order chi connectivity index (χ0) is 20.5. The molecule has 0 aliphatic heterocycles. The number of nitrogens with zero attached hydrogens (tertiary/aromatic N) is 2. The van der Waals surface area contributed by atoms with Gasteiger partial charge in [0.25, 0.3) is 5.91 Å².